The van der Waals surface area contributed by atoms with Crippen LogP contribution in [0, 0.1) is 13.8 Å². The van der Waals surface area contributed by atoms with E-state index in [4.69, 9.17) is 14.7 Å². The molecule has 0 radical (unpaired) electrons. The smallest absolute Gasteiger partial charge is 0.373 e. The molecule has 2 atom stereocenters. The van der Waals surface area contributed by atoms with E-state index in [2.05, 4.69) is 21.3 Å². The molecule has 4 heterocycles. The lowest BCUT2D eigenvalue weighted by atomic mass is 9.92. The second kappa shape index (κ2) is 8.62. The molecule has 1 saturated carbocycles. The Labute approximate surface area is 205 Å². The fourth-order valence-corrected chi connectivity index (χ4v) is 4.65. The molecule has 4 aromatic rings. The number of ether oxygens (including phenoxy) is 1. The lowest BCUT2D eigenvalue weighted by Gasteiger charge is -2.28. The minimum atomic E-state index is -4.41. The van der Waals surface area contributed by atoms with Crippen LogP contribution < -0.4 is 0 Å². The molecule has 0 amide bonds. The molecule has 36 heavy (non-hydrogen) atoms. The topological polar surface area (TPSA) is 78.6 Å². The quantitative estimate of drug-likeness (QED) is 0.352. The summed E-state index contributed by atoms with van der Waals surface area (Å²) in [6, 6.07) is 5.51. The number of alkyl halides is 3. The highest BCUT2D eigenvalue weighted by molar-refractivity contribution is 5.87. The molecule has 6 rings (SSSR count). The molecule has 7 nitrogen and oxygen atoms in total. The van der Waals surface area contributed by atoms with E-state index in [0.717, 1.165) is 48.3 Å². The molecule has 1 aliphatic heterocycles. The van der Waals surface area contributed by atoms with Crippen LogP contribution in [-0.2, 0) is 10.9 Å². The van der Waals surface area contributed by atoms with Gasteiger partial charge in [-0.1, -0.05) is 12.1 Å². The van der Waals surface area contributed by atoms with Gasteiger partial charge in [-0.25, -0.2) is 19.9 Å². The van der Waals surface area contributed by atoms with E-state index in [9.17, 15) is 13.2 Å². The highest BCUT2D eigenvalue weighted by Gasteiger charge is 2.32. The van der Waals surface area contributed by atoms with E-state index in [-0.39, 0.29) is 12.0 Å². The van der Waals surface area contributed by atoms with Gasteiger partial charge in [-0.05, 0) is 51.7 Å². The Hall–Kier alpha value is -3.40. The summed E-state index contributed by atoms with van der Waals surface area (Å²) in [4.78, 5) is 18.9. The lowest BCUT2D eigenvalue weighted by molar-refractivity contribution is -0.137. The van der Waals surface area contributed by atoms with Crippen molar-refractivity contribution >= 4 is 11.2 Å². The van der Waals surface area contributed by atoms with E-state index >= 15 is 0 Å². The zero-order valence-electron chi connectivity index (χ0n) is 20.0. The van der Waals surface area contributed by atoms with Crippen molar-refractivity contribution < 1.29 is 17.9 Å². The van der Waals surface area contributed by atoms with Gasteiger partial charge in [-0.3, -0.25) is 4.68 Å². The molecule has 2 aliphatic rings. The Kier molecular flexibility index (Phi) is 5.51. The van der Waals surface area contributed by atoms with Gasteiger partial charge in [0.25, 0.3) is 0 Å². The summed E-state index contributed by atoms with van der Waals surface area (Å²) in [6.45, 7) is 4.26. The minimum Gasteiger partial charge on any atom is -0.373 e. The molecule has 0 spiro atoms. The molecule has 1 aliphatic carbocycles. The van der Waals surface area contributed by atoms with Crippen LogP contribution in [0.15, 0.2) is 36.7 Å². The van der Waals surface area contributed by atoms with Crippen molar-refractivity contribution in [3.8, 4) is 11.3 Å². The zero-order chi connectivity index (χ0) is 25.0. The second-order valence-corrected chi connectivity index (χ2v) is 9.64. The molecular weight excluding hydrogens is 469 g/mol. The van der Waals surface area contributed by atoms with Gasteiger partial charge in [0.15, 0.2) is 5.65 Å². The van der Waals surface area contributed by atoms with Crippen LogP contribution in [0.25, 0.3) is 22.4 Å². The number of halogens is 3. The Morgan fingerprint density at radius 3 is 2.42 bits per heavy atom. The molecule has 1 aromatic carbocycles. The number of benzene rings is 1. The molecule has 1 saturated heterocycles. The Morgan fingerprint density at radius 1 is 0.944 bits per heavy atom. The van der Waals surface area contributed by atoms with Gasteiger partial charge in [-0.2, -0.15) is 18.3 Å². The van der Waals surface area contributed by atoms with Gasteiger partial charge in [0, 0.05) is 29.8 Å². The highest BCUT2D eigenvalue weighted by Crippen LogP contribution is 2.40. The molecule has 0 N–H and O–H groups in total. The average molecular weight is 495 g/mol. The molecule has 3 aromatic heterocycles. The Balaban J connectivity index is 1.38. The van der Waals surface area contributed by atoms with Crippen LogP contribution in [0.5, 0.6) is 0 Å². The maximum Gasteiger partial charge on any atom is 0.416 e. The van der Waals surface area contributed by atoms with Gasteiger partial charge >= 0.3 is 6.18 Å². The predicted octanol–water partition coefficient (Wildman–Crippen LogP) is 5.89. The predicted molar refractivity (Wildman–Crippen MR) is 126 cm³/mol. The first-order valence-corrected chi connectivity index (χ1v) is 12.1. The maximum atomic E-state index is 13.1. The summed E-state index contributed by atoms with van der Waals surface area (Å²) < 4.78 is 47.5. The summed E-state index contributed by atoms with van der Waals surface area (Å²) in [6.07, 6.45) is 3.16. The number of hydrogen-bond acceptors (Lipinski definition) is 6. The molecule has 10 heteroatoms. The molecule has 186 valence electrons. The average Bonchev–Trinajstić information content (AvgIpc) is 3.60. The number of rotatable bonds is 4. The van der Waals surface area contributed by atoms with Gasteiger partial charge < -0.3 is 4.74 Å². The van der Waals surface area contributed by atoms with Crippen LogP contribution in [-0.4, -0.2) is 36.3 Å². The number of fused-ring (bicyclic) bond motifs is 1. The van der Waals surface area contributed by atoms with E-state index < -0.39 is 11.7 Å². The van der Waals surface area contributed by atoms with Crippen molar-refractivity contribution in [3.05, 3.63) is 65.0 Å². The van der Waals surface area contributed by atoms with Crippen molar-refractivity contribution in [3.63, 3.8) is 0 Å². The normalized spacial score (nSPS) is 20.7. The van der Waals surface area contributed by atoms with Gasteiger partial charge in [0.1, 0.15) is 17.0 Å². The first kappa shape index (κ1) is 23.0. The Morgan fingerprint density at radius 2 is 1.69 bits per heavy atom. The summed E-state index contributed by atoms with van der Waals surface area (Å²) in [5.74, 6) is 0.617. The first-order chi connectivity index (χ1) is 17.3. The van der Waals surface area contributed by atoms with E-state index in [1.54, 1.807) is 0 Å². The zero-order valence-corrected chi connectivity index (χ0v) is 20.0. The van der Waals surface area contributed by atoms with Crippen molar-refractivity contribution in [2.24, 2.45) is 0 Å². The second-order valence-electron chi connectivity index (χ2n) is 9.64. The first-order valence-electron chi connectivity index (χ1n) is 12.1. The highest BCUT2D eigenvalue weighted by atomic mass is 19.4. The van der Waals surface area contributed by atoms with E-state index in [1.165, 1.54) is 12.1 Å². The van der Waals surface area contributed by atoms with Crippen LogP contribution in [0.2, 0.25) is 0 Å². The number of hydrogen-bond donors (Lipinski definition) is 0. The Bertz CT molecular complexity index is 1430. The van der Waals surface area contributed by atoms with Crippen molar-refractivity contribution in [1.29, 1.82) is 0 Å². The van der Waals surface area contributed by atoms with Gasteiger partial charge in [-0.15, -0.1) is 0 Å². The number of aromatic nitrogens is 6. The summed E-state index contributed by atoms with van der Waals surface area (Å²) in [7, 11) is 0. The number of aryl methyl sites for hydroxylation is 2. The third kappa shape index (κ3) is 4.34. The SMILES string of the molecule is Cc1nc2nc([C@H]3CCO[C@@H](c4cnn(C5CC5)c4)C3)nc(-c3ccc(C(F)(F)F)cc3)c2nc1C. The fourth-order valence-electron chi connectivity index (χ4n) is 4.65. The van der Waals surface area contributed by atoms with E-state index in [1.807, 2.05) is 24.7 Å². The fraction of sp³-hybridized carbons (Fsp3) is 0.423. The van der Waals surface area contributed by atoms with Crippen LogP contribution in [0.3, 0.4) is 0 Å². The van der Waals surface area contributed by atoms with Gasteiger partial charge in [0.05, 0.1) is 35.3 Å². The number of nitrogens with zero attached hydrogens (tertiary/aromatic N) is 6. The van der Waals surface area contributed by atoms with Crippen LogP contribution in [0.1, 0.15) is 72.1 Å². The summed E-state index contributed by atoms with van der Waals surface area (Å²) >= 11 is 0. The standard InChI is InChI=1S/C26H25F3N6O/c1-14-15(2)32-25-23(31-14)22(16-3-5-19(6-4-16)26(27,28)29)33-24(34-25)17-9-10-36-21(11-17)18-12-30-35(13-18)20-7-8-20/h3-6,12-13,17,20-21H,7-11H2,1-2H3/t17-,21+/m0/s1. The molecule has 0 bridgehead atoms. The maximum absolute atomic E-state index is 13.1. The van der Waals surface area contributed by atoms with Crippen LogP contribution >= 0.6 is 0 Å². The van der Waals surface area contributed by atoms with Crippen molar-refractivity contribution in [1.82, 2.24) is 29.7 Å². The van der Waals surface area contributed by atoms with Crippen molar-refractivity contribution in [2.75, 3.05) is 6.61 Å². The molecule has 2 fully saturated rings. The van der Waals surface area contributed by atoms with E-state index in [0.29, 0.717) is 47.3 Å². The molecule has 0 unspecified atom stereocenters. The lowest BCUT2D eigenvalue weighted by Crippen LogP contribution is -2.20. The minimum absolute atomic E-state index is 0.00836. The summed E-state index contributed by atoms with van der Waals surface area (Å²) in [5, 5.41) is 4.50. The largest absolute Gasteiger partial charge is 0.416 e. The van der Waals surface area contributed by atoms with Crippen molar-refractivity contribution in [2.45, 2.75) is 63.8 Å². The van der Waals surface area contributed by atoms with Gasteiger partial charge in [0.2, 0.25) is 0 Å². The third-order valence-electron chi connectivity index (χ3n) is 7.01. The third-order valence-corrected chi connectivity index (χ3v) is 7.01. The van der Waals surface area contributed by atoms with Crippen LogP contribution in [0.4, 0.5) is 13.2 Å². The molecular formula is C26H25F3N6O. The summed E-state index contributed by atoms with van der Waals surface area (Å²) in [5.41, 5.74) is 3.78. The monoisotopic (exact) mass is 494 g/mol.